The molecule has 0 aromatic heterocycles. The van der Waals surface area contributed by atoms with Crippen molar-refractivity contribution in [1.82, 2.24) is 53.2 Å². The highest BCUT2D eigenvalue weighted by atomic mass is 127. The van der Waals surface area contributed by atoms with Gasteiger partial charge < -0.3 is 86.3 Å². The fraction of sp³-hybridized carbons (Fsp3) is 0.616. The molecule has 10 N–H and O–H groups in total. The zero-order chi connectivity index (χ0) is 89.0. The molecule has 119 heavy (non-hydrogen) atoms. The van der Waals surface area contributed by atoms with Gasteiger partial charge in [0.15, 0.2) is 0 Å². The third-order valence-electron chi connectivity index (χ3n) is 17.9. The van der Waals surface area contributed by atoms with Gasteiger partial charge in [-0.05, 0) is 250 Å². The summed E-state index contributed by atoms with van der Waals surface area (Å²) in [6.07, 6.45) is 1.98. The van der Waals surface area contributed by atoms with Gasteiger partial charge in [0.25, 0.3) is 0 Å². The Balaban J connectivity index is 1.47. The molecule has 1 fully saturated rings. The van der Waals surface area contributed by atoms with Gasteiger partial charge in [0, 0.05) is 48.4 Å². The zero-order valence-electron chi connectivity index (χ0n) is 72.0. The number of nitrogens with one attached hydrogen (secondary N) is 10. The summed E-state index contributed by atoms with van der Waals surface area (Å²) in [5, 5.41) is 28.7. The number of carbonyl (C=O) groups is 15. The quantitative estimate of drug-likeness (QED) is 0.00832. The number of fused-ring (bicyclic) bond motifs is 1. The molecule has 660 valence electrons. The number of unbranched alkanes of at least 4 members (excludes halogenated alkanes) is 2. The Bertz CT molecular complexity index is 3940. The van der Waals surface area contributed by atoms with Gasteiger partial charge in [0.05, 0.1) is 26.4 Å². The molecule has 32 nitrogen and oxygen atoms in total. The van der Waals surface area contributed by atoms with Crippen molar-refractivity contribution in [3.8, 4) is 0 Å². The number of halogens is 1. The molecule has 4 rings (SSSR count). The minimum Gasteiger partial charge on any atom is -0.467 e. The van der Waals surface area contributed by atoms with Crippen molar-refractivity contribution in [2.45, 2.75) is 296 Å². The highest BCUT2D eigenvalue weighted by Crippen LogP contribution is 2.30. The molecule has 0 aliphatic heterocycles. The minimum absolute atomic E-state index is 0.0119. The molecule has 3 aromatic carbocycles. The number of rotatable bonds is 44. The number of benzene rings is 3. The second-order valence-corrected chi connectivity index (χ2v) is 35.8. The van der Waals surface area contributed by atoms with Crippen LogP contribution in [0.3, 0.4) is 0 Å². The fourth-order valence-electron chi connectivity index (χ4n) is 12.4. The summed E-state index contributed by atoms with van der Waals surface area (Å²) in [5.41, 5.74) is -3.31. The SMILES string of the molecule is C=CCOC(=O)NCCCCC(NC(=O)CC(NC(=O)CC(NC(=O)CC(NC(=O)CCCc1ccc(I)cc1)C(=O)OC(C)(C)C)C(=O)OC(C)(C)C)C(=O)OC(C)(C)C)C(=O)NCC1CCC(C(=O)N[C@@H](Cc2ccc3ccccc3c2)C(=O)NCCCCC(NC(=O)N[C@@H](CCC(=O)OC(C)(C)C)C(=O)OC(C)(C)C)C(=O)OC)CC1. The van der Waals surface area contributed by atoms with Crippen LogP contribution in [0.2, 0.25) is 0 Å². The number of methoxy groups -OCH3 is 1. The molecule has 0 spiro atoms. The van der Waals surface area contributed by atoms with Crippen LogP contribution < -0.4 is 53.2 Å². The minimum atomic E-state index is -1.76. The summed E-state index contributed by atoms with van der Waals surface area (Å²) >= 11 is 2.19. The van der Waals surface area contributed by atoms with E-state index in [0.29, 0.717) is 57.8 Å². The van der Waals surface area contributed by atoms with E-state index in [1.165, 1.54) is 6.08 Å². The largest absolute Gasteiger partial charge is 0.467 e. The maximum absolute atomic E-state index is 14.4. The Morgan fingerprint density at radius 3 is 1.39 bits per heavy atom. The Hall–Kier alpha value is -9.96. The highest BCUT2D eigenvalue weighted by Gasteiger charge is 2.38. The molecule has 0 saturated heterocycles. The Kier molecular flexibility index (Phi) is 41.7. The number of amides is 10. The number of aryl methyl sites for hydroxylation is 1. The Morgan fingerprint density at radius 2 is 0.891 bits per heavy atom. The first-order valence-corrected chi connectivity index (χ1v) is 41.7. The molecule has 1 aliphatic carbocycles. The van der Waals surface area contributed by atoms with Crippen LogP contribution in [0.4, 0.5) is 9.59 Å². The van der Waals surface area contributed by atoms with Crippen LogP contribution in [0, 0.1) is 15.4 Å². The molecule has 7 atom stereocenters. The van der Waals surface area contributed by atoms with Crippen molar-refractivity contribution in [1.29, 1.82) is 0 Å². The van der Waals surface area contributed by atoms with Gasteiger partial charge in [-0.15, -0.1) is 0 Å². The van der Waals surface area contributed by atoms with E-state index < -0.39 is 179 Å². The molecular weight excluding hydrogens is 1650 g/mol. The molecule has 0 radical (unpaired) electrons. The lowest BCUT2D eigenvalue weighted by molar-refractivity contribution is -0.161. The van der Waals surface area contributed by atoms with Crippen molar-refractivity contribution in [2.75, 3.05) is 33.4 Å². The van der Waals surface area contributed by atoms with Gasteiger partial charge in [-0.3, -0.25) is 38.4 Å². The number of carbonyl (C=O) groups excluding carboxylic acids is 15. The van der Waals surface area contributed by atoms with E-state index in [9.17, 15) is 71.9 Å². The van der Waals surface area contributed by atoms with E-state index in [2.05, 4.69) is 82.3 Å². The Morgan fingerprint density at radius 1 is 0.445 bits per heavy atom. The summed E-state index contributed by atoms with van der Waals surface area (Å²) < 4.78 is 38.7. The van der Waals surface area contributed by atoms with Crippen LogP contribution in [-0.4, -0.2) is 193 Å². The van der Waals surface area contributed by atoms with Gasteiger partial charge in [0.1, 0.15) is 76.9 Å². The van der Waals surface area contributed by atoms with Crippen LogP contribution in [-0.2, 0) is 108 Å². The first-order valence-electron chi connectivity index (χ1n) is 40.6. The summed E-state index contributed by atoms with van der Waals surface area (Å²) in [6, 6.07) is 10.5. The average molecular weight is 1780 g/mol. The number of ether oxygens (including phenoxy) is 7. The number of hydrogen-bond acceptors (Lipinski definition) is 22. The predicted molar refractivity (Wildman–Crippen MR) is 452 cm³/mol. The van der Waals surface area contributed by atoms with Crippen molar-refractivity contribution in [2.24, 2.45) is 11.8 Å². The zero-order valence-corrected chi connectivity index (χ0v) is 74.1. The second-order valence-electron chi connectivity index (χ2n) is 34.6. The number of hydrogen-bond donors (Lipinski definition) is 10. The predicted octanol–water partition coefficient (Wildman–Crippen LogP) is 8.59. The molecule has 33 heteroatoms. The molecule has 1 saturated carbocycles. The van der Waals surface area contributed by atoms with E-state index in [0.717, 1.165) is 32.6 Å². The molecular formula is C86H127IN10O22. The van der Waals surface area contributed by atoms with Gasteiger partial charge >= 0.3 is 47.9 Å². The number of alkyl carbamates (subject to hydrolysis) is 1. The summed E-state index contributed by atoms with van der Waals surface area (Å²) in [4.78, 5) is 205. The van der Waals surface area contributed by atoms with Crippen molar-refractivity contribution < 1.29 is 105 Å². The monoisotopic (exact) mass is 1780 g/mol. The molecule has 10 amide bonds. The van der Waals surface area contributed by atoms with E-state index in [1.807, 2.05) is 66.7 Å². The summed E-state index contributed by atoms with van der Waals surface area (Å²) in [7, 11) is 1.15. The van der Waals surface area contributed by atoms with Gasteiger partial charge in [0.2, 0.25) is 41.4 Å². The lowest BCUT2D eigenvalue weighted by Crippen LogP contribution is -2.53. The normalized spacial score (nSPS) is 15.4. The first kappa shape index (κ1) is 101. The second kappa shape index (κ2) is 48.9. The van der Waals surface area contributed by atoms with Gasteiger partial charge in [-0.1, -0.05) is 67.3 Å². The third kappa shape index (κ3) is 42.5. The standard InChI is InChI=1S/C86H127IN10O22/c1-18-46-114-81(112)89-45-24-21-29-60(91-68(99)50-65(78(109)118-85(11,12)13)93-70(101)51-66(79(110)119-86(14,15)16)94-69(100)49-64(77(108)117-84(8,9)10)92-67(98)31-25-26-53-35-40-59(87)41-36-53)73(104)90-52-54-32-38-57(39-33-54)72(103)95-63(48-55-34-37-56-27-19-20-28-58(56)47-55)74(105)88-44-23-22-30-61(75(106)113-17)96-80(111)97-62(76(107)116-83(5,6)7)42-43-71(102)115-82(2,3)4/h18-20,27-28,34-37,40-41,47,54,57,60-66H,1,21-26,29-33,38-39,42-46,48-52H2,2-17H3,(H,88,105)(H,89,112)(H,90,104)(H,91,99)(H,92,98)(H,93,101)(H,94,100)(H,95,103)(H2,96,97,111)/t54?,57?,60?,61?,62-,63-,64?,65?,66?/m0/s1. The lowest BCUT2D eigenvalue weighted by Gasteiger charge is -2.30. The first-order chi connectivity index (χ1) is 55.6. The molecule has 1 aliphatic rings. The number of urea groups is 1. The molecule has 3 aromatic rings. The lowest BCUT2D eigenvalue weighted by atomic mass is 9.81. The van der Waals surface area contributed by atoms with Crippen molar-refractivity contribution >= 4 is 123 Å². The fourth-order valence-corrected chi connectivity index (χ4v) is 12.8. The van der Waals surface area contributed by atoms with Crippen molar-refractivity contribution in [3.05, 3.63) is 94.1 Å². The van der Waals surface area contributed by atoms with Crippen LogP contribution >= 0.6 is 22.6 Å². The summed E-state index contributed by atoms with van der Waals surface area (Å²) in [5.74, 6) is -10.8. The topological polar surface area (TPSA) is 441 Å². The van der Waals surface area contributed by atoms with E-state index in [1.54, 1.807) is 104 Å². The van der Waals surface area contributed by atoms with Crippen molar-refractivity contribution in [3.63, 3.8) is 0 Å². The third-order valence-corrected chi connectivity index (χ3v) is 18.7. The Labute approximate surface area is 712 Å². The van der Waals surface area contributed by atoms with Gasteiger partial charge in [-0.2, -0.15) is 0 Å². The van der Waals surface area contributed by atoms with E-state index in [-0.39, 0.29) is 83.0 Å². The van der Waals surface area contributed by atoms with Crippen LogP contribution in [0.15, 0.2) is 79.4 Å². The van der Waals surface area contributed by atoms with Crippen LogP contribution in [0.1, 0.15) is 224 Å². The van der Waals surface area contributed by atoms with E-state index >= 15 is 0 Å². The smallest absolute Gasteiger partial charge is 0.407 e. The van der Waals surface area contributed by atoms with E-state index in [4.69, 9.17) is 33.2 Å². The molecule has 5 unspecified atom stereocenters. The van der Waals surface area contributed by atoms with Crippen LogP contribution in [0.25, 0.3) is 10.8 Å². The molecule has 0 bridgehead atoms. The highest BCUT2D eigenvalue weighted by molar-refractivity contribution is 14.1. The molecule has 0 heterocycles. The maximum Gasteiger partial charge on any atom is 0.407 e. The number of esters is 6. The van der Waals surface area contributed by atoms with Crippen LogP contribution in [0.5, 0.6) is 0 Å². The maximum atomic E-state index is 14.4. The average Bonchev–Trinajstić information content (AvgIpc) is 0.834. The van der Waals surface area contributed by atoms with Gasteiger partial charge in [-0.25, -0.2) is 33.6 Å². The summed E-state index contributed by atoms with van der Waals surface area (Å²) in [6.45, 7) is 28.0.